The number of rotatable bonds is 29. The van der Waals surface area contributed by atoms with E-state index in [-0.39, 0.29) is 37.1 Å². The number of benzene rings is 4. The molecule has 0 saturated carbocycles. The van der Waals surface area contributed by atoms with E-state index < -0.39 is 0 Å². The number of anilines is 4. The standard InChI is InChI=1S/C23H28N4OS.C21H24N4OS.C21H27N3OS.C20H25N3O3S/c1-15(2)25-22-27-20(14-29-22)19-13-21(28-23(3,4)5)17-10-9-16(8-7-11-24-6)12-18(17)26-19;1-13(2)23-21-25-19(12-27-21)18-11-20(26-14(3)4)16-7-6-15(8-9-22-5)10-17(16)24-18;1-6-7-15-8-9-16-17(10-15)23-18(11-20(16)25-14(4)5)19-12-26-21(24-19)22-13(2)3;1-12(2)21-20-23-18(11-27-20)17-10-19(26-13(3)4)15-6-5-14(25-8-7-24)9-16(15)22-17/h9-10,12-15H,7-8,11H2,1-5H3,(H,25,27);6-7,10-14H,8-9H2,1-4H3,(H,23,25);8-14H,6-7H2,1-5H3,(H,22,24);5-6,9-13,24H,7-8H2,1-4H3,(H,21,23). The van der Waals surface area contributed by atoms with Crippen LogP contribution in [0.5, 0.6) is 28.7 Å². The molecule has 0 aliphatic heterocycles. The van der Waals surface area contributed by atoms with Crippen LogP contribution in [0.25, 0.3) is 98.9 Å². The number of thiazole rings is 4. The number of aromatic nitrogens is 8. The van der Waals surface area contributed by atoms with Crippen LogP contribution in [0.1, 0.15) is 154 Å². The van der Waals surface area contributed by atoms with E-state index in [1.54, 1.807) is 45.3 Å². The molecule has 0 atom stereocenters. The Labute approximate surface area is 658 Å². The van der Waals surface area contributed by atoms with Crippen molar-refractivity contribution in [1.82, 2.24) is 39.9 Å². The number of ether oxygens (including phenoxy) is 5. The van der Waals surface area contributed by atoms with Gasteiger partial charge in [-0.05, 0) is 196 Å². The monoisotopic (exact) mass is 1540 g/mol. The second-order valence-electron chi connectivity index (χ2n) is 29.3. The van der Waals surface area contributed by atoms with E-state index in [1.165, 1.54) is 11.1 Å². The molecule has 0 unspecified atom stereocenters. The summed E-state index contributed by atoms with van der Waals surface area (Å²) in [6.07, 6.45) is 4.86. The number of nitrogens with one attached hydrogen (secondary N) is 4. The van der Waals surface area contributed by atoms with Crippen molar-refractivity contribution in [3.05, 3.63) is 158 Å². The van der Waals surface area contributed by atoms with Gasteiger partial charge in [0.15, 0.2) is 20.5 Å². The molecular formula is C85H104N14O6S4. The van der Waals surface area contributed by atoms with E-state index in [9.17, 15) is 0 Å². The highest BCUT2D eigenvalue weighted by atomic mass is 32.1. The Morgan fingerprint density at radius 1 is 0.404 bits per heavy atom. The quantitative estimate of drug-likeness (QED) is 0.0217. The lowest BCUT2D eigenvalue weighted by atomic mass is 10.1. The maximum atomic E-state index is 8.97. The first-order chi connectivity index (χ1) is 52.1. The molecule has 12 rings (SSSR count). The third-order valence-electron chi connectivity index (χ3n) is 15.6. The van der Waals surface area contributed by atoms with E-state index in [1.807, 2.05) is 132 Å². The normalized spacial score (nSPS) is 11.4. The number of pyridine rings is 4. The van der Waals surface area contributed by atoms with Crippen LogP contribution in [0.4, 0.5) is 20.5 Å². The Morgan fingerprint density at radius 3 is 1.06 bits per heavy atom. The molecule has 24 heteroatoms. The highest BCUT2D eigenvalue weighted by Gasteiger charge is 2.21. The number of nitrogens with zero attached hydrogens (tertiary/aromatic N) is 10. The predicted octanol–water partition coefficient (Wildman–Crippen LogP) is 21.9. The third-order valence-corrected chi connectivity index (χ3v) is 18.7. The fraction of sp³-hybridized carbons (Fsp3) is 0.412. The first-order valence-electron chi connectivity index (χ1n) is 37.4. The van der Waals surface area contributed by atoms with Crippen molar-refractivity contribution < 1.29 is 28.8 Å². The molecule has 0 fully saturated rings. The minimum Gasteiger partial charge on any atom is -0.491 e. The smallest absolute Gasteiger partial charge is 0.218 e. The SMILES string of the molecule is CC(C)Nc1nc(-c2cc(OC(C)C)c3ccc(OCCO)cc3n2)cs1.CCCc1ccc2c(OC(C)C)cc(-c3csc(NC(C)C)n3)nc2c1.[C-]#[N+]CCCc1ccc2c(OC(C)(C)C)cc(-c3csc(NC(C)C)n3)nc2c1.[C-]#[N+]CCc1ccc2c(OC(C)C)cc(-c3csc(NC(C)C)n3)nc2c1. The maximum Gasteiger partial charge on any atom is 0.218 e. The molecule has 4 aromatic carbocycles. The highest BCUT2D eigenvalue weighted by molar-refractivity contribution is 7.15. The number of fused-ring (bicyclic) bond motifs is 4. The summed E-state index contributed by atoms with van der Waals surface area (Å²) < 4.78 is 29.9. The van der Waals surface area contributed by atoms with Crippen molar-refractivity contribution >= 4 is 109 Å². The molecule has 20 nitrogen and oxygen atoms in total. The zero-order valence-corrected chi connectivity index (χ0v) is 69.3. The second-order valence-corrected chi connectivity index (χ2v) is 32.7. The molecule has 8 heterocycles. The minimum atomic E-state index is -0.313. The van der Waals surface area contributed by atoms with Crippen molar-refractivity contribution in [2.75, 3.05) is 47.6 Å². The van der Waals surface area contributed by atoms with Crippen LogP contribution in [-0.2, 0) is 19.3 Å². The molecule has 0 saturated heterocycles. The van der Waals surface area contributed by atoms with Crippen molar-refractivity contribution in [1.29, 1.82) is 0 Å². The first-order valence-corrected chi connectivity index (χ1v) is 40.9. The van der Waals surface area contributed by atoms with Gasteiger partial charge in [0, 0.05) is 110 Å². The summed E-state index contributed by atoms with van der Waals surface area (Å²) in [5.74, 6) is 3.93. The van der Waals surface area contributed by atoms with Gasteiger partial charge in [0.05, 0.1) is 69.8 Å². The van der Waals surface area contributed by atoms with Crippen LogP contribution in [0.15, 0.2) is 119 Å². The van der Waals surface area contributed by atoms with Crippen molar-refractivity contribution in [2.45, 2.75) is 205 Å². The summed E-state index contributed by atoms with van der Waals surface area (Å²) in [6.45, 7) is 52.4. The molecule has 5 N–H and O–H groups in total. The highest BCUT2D eigenvalue weighted by Crippen LogP contribution is 2.39. The summed E-state index contributed by atoms with van der Waals surface area (Å²) in [4.78, 5) is 45.0. The van der Waals surface area contributed by atoms with Crippen molar-refractivity contribution in [3.8, 4) is 74.3 Å². The van der Waals surface area contributed by atoms with Crippen LogP contribution in [0.2, 0.25) is 0 Å². The van der Waals surface area contributed by atoms with Gasteiger partial charge in [-0.15, -0.1) is 45.3 Å². The summed E-state index contributed by atoms with van der Waals surface area (Å²) in [7, 11) is 0. The Bertz CT molecular complexity index is 5040. The van der Waals surface area contributed by atoms with Gasteiger partial charge in [-0.3, -0.25) is 0 Å². The summed E-state index contributed by atoms with van der Waals surface area (Å²) >= 11 is 6.32. The number of aliphatic hydroxyl groups is 1. The number of aliphatic hydroxyl groups excluding tert-OH is 1. The predicted molar refractivity (Wildman–Crippen MR) is 456 cm³/mol. The van der Waals surface area contributed by atoms with Gasteiger partial charge in [-0.25, -0.2) is 53.0 Å². The number of aryl methyl sites for hydroxylation is 2. The minimum absolute atomic E-state index is 0.0301. The average Bonchev–Trinajstić information content (AvgIpc) is 1.76. The van der Waals surface area contributed by atoms with Crippen molar-refractivity contribution in [3.63, 3.8) is 0 Å². The molecular weight excluding hydrogens is 1440 g/mol. The van der Waals surface area contributed by atoms with E-state index in [4.69, 9.17) is 71.8 Å². The lowest BCUT2D eigenvalue weighted by molar-refractivity contribution is 0.133. The van der Waals surface area contributed by atoms with Crippen LogP contribution >= 0.6 is 45.3 Å². The Balaban J connectivity index is 0.000000168. The summed E-state index contributed by atoms with van der Waals surface area (Å²) in [5.41, 5.74) is 13.4. The molecule has 12 aromatic rings. The molecule has 574 valence electrons. The van der Waals surface area contributed by atoms with Gasteiger partial charge in [0.25, 0.3) is 0 Å². The van der Waals surface area contributed by atoms with E-state index in [0.29, 0.717) is 43.0 Å². The third kappa shape index (κ3) is 24.8. The molecule has 0 spiro atoms. The zero-order chi connectivity index (χ0) is 78.5. The largest absolute Gasteiger partial charge is 0.491 e. The van der Waals surface area contributed by atoms with Crippen LogP contribution in [0, 0.1) is 13.1 Å². The van der Waals surface area contributed by atoms with E-state index >= 15 is 0 Å². The molecule has 0 aliphatic rings. The molecule has 109 heavy (non-hydrogen) atoms. The number of hydrogen-bond donors (Lipinski definition) is 5. The molecule has 0 radical (unpaired) electrons. The topological polar surface area (TPSA) is 226 Å². The second kappa shape index (κ2) is 39.5. The lowest BCUT2D eigenvalue weighted by Gasteiger charge is -2.23. The van der Waals surface area contributed by atoms with Gasteiger partial charge in [-0.2, -0.15) is 0 Å². The molecule has 8 aromatic heterocycles. The van der Waals surface area contributed by atoms with Crippen LogP contribution in [0.3, 0.4) is 0 Å². The van der Waals surface area contributed by atoms with E-state index in [2.05, 4.69) is 152 Å². The Kier molecular flexibility index (Phi) is 30.2. The van der Waals surface area contributed by atoms with Crippen LogP contribution in [-0.4, -0.2) is 119 Å². The Hall–Kier alpha value is -9.82. The summed E-state index contributed by atoms with van der Waals surface area (Å²) in [5, 5.41) is 37.9. The van der Waals surface area contributed by atoms with Gasteiger partial charge >= 0.3 is 0 Å². The van der Waals surface area contributed by atoms with Crippen molar-refractivity contribution in [2.24, 2.45) is 0 Å². The van der Waals surface area contributed by atoms with Gasteiger partial charge in [-0.1, -0.05) is 31.5 Å². The first kappa shape index (κ1) is 83.2. The molecule has 0 aliphatic carbocycles. The lowest BCUT2D eigenvalue weighted by Crippen LogP contribution is -2.23. The van der Waals surface area contributed by atoms with Gasteiger partial charge in [0.2, 0.25) is 13.1 Å². The zero-order valence-electron chi connectivity index (χ0n) is 66.0. The fourth-order valence-corrected chi connectivity index (χ4v) is 14.7. The van der Waals surface area contributed by atoms with Gasteiger partial charge < -0.3 is 59.7 Å². The molecule has 0 bridgehead atoms. The summed E-state index contributed by atoms with van der Waals surface area (Å²) in [6, 6.07) is 33.8. The maximum absolute atomic E-state index is 8.97. The average molecular weight is 1550 g/mol. The fourth-order valence-electron chi connectivity index (χ4n) is 11.3. The van der Waals surface area contributed by atoms with Crippen LogP contribution < -0.4 is 45.0 Å². The van der Waals surface area contributed by atoms with Gasteiger partial charge in [0.1, 0.15) is 63.7 Å². The molecule has 0 amide bonds. The number of hydrogen-bond acceptors (Lipinski definition) is 22. The van der Waals surface area contributed by atoms with E-state index in [0.717, 1.165) is 170 Å². The Morgan fingerprint density at radius 2 is 0.734 bits per heavy atom.